The molecule has 6 nitrogen and oxygen atoms in total. The van der Waals surface area contributed by atoms with E-state index < -0.39 is 0 Å². The SMILES string of the molecule is Cc1cc(CNc2cnccc2N2CCNCC2)cc2nccnc12. The van der Waals surface area contributed by atoms with Gasteiger partial charge in [-0.3, -0.25) is 15.0 Å². The molecule has 4 rings (SSSR count). The van der Waals surface area contributed by atoms with Crippen molar-refractivity contribution in [3.8, 4) is 0 Å². The number of pyridine rings is 1. The molecule has 0 spiro atoms. The Kier molecular flexibility index (Phi) is 4.43. The first-order chi connectivity index (χ1) is 12.3. The third-order valence-corrected chi connectivity index (χ3v) is 4.56. The summed E-state index contributed by atoms with van der Waals surface area (Å²) >= 11 is 0. The monoisotopic (exact) mass is 334 g/mol. The molecule has 0 amide bonds. The number of hydrogen-bond donors (Lipinski definition) is 2. The Morgan fingerprint density at radius 1 is 1.12 bits per heavy atom. The molecule has 2 aromatic heterocycles. The van der Waals surface area contributed by atoms with Crippen LogP contribution in [0.15, 0.2) is 43.0 Å². The highest BCUT2D eigenvalue weighted by molar-refractivity contribution is 5.78. The van der Waals surface area contributed by atoms with Gasteiger partial charge in [0.05, 0.1) is 28.6 Å². The van der Waals surface area contributed by atoms with Gasteiger partial charge in [-0.2, -0.15) is 0 Å². The topological polar surface area (TPSA) is 66.0 Å². The van der Waals surface area contributed by atoms with Gasteiger partial charge >= 0.3 is 0 Å². The average molecular weight is 334 g/mol. The lowest BCUT2D eigenvalue weighted by Crippen LogP contribution is -2.43. The number of hydrogen-bond acceptors (Lipinski definition) is 6. The summed E-state index contributed by atoms with van der Waals surface area (Å²) in [5.41, 5.74) is 6.54. The standard InChI is InChI=1S/C19H22N6/c1-14-10-15(11-16-19(14)23-5-4-22-16)12-24-17-13-21-3-2-18(17)25-8-6-20-7-9-25/h2-5,10-11,13,20,24H,6-9,12H2,1H3. The maximum Gasteiger partial charge on any atom is 0.0916 e. The van der Waals surface area contributed by atoms with Gasteiger partial charge in [0.2, 0.25) is 0 Å². The zero-order valence-electron chi connectivity index (χ0n) is 14.4. The molecule has 0 unspecified atom stereocenters. The van der Waals surface area contributed by atoms with Crippen molar-refractivity contribution in [1.82, 2.24) is 20.3 Å². The molecule has 1 aliphatic rings. The minimum absolute atomic E-state index is 0.734. The van der Waals surface area contributed by atoms with Crippen LogP contribution in [0.25, 0.3) is 11.0 Å². The number of fused-ring (bicyclic) bond motifs is 1. The van der Waals surface area contributed by atoms with Crippen molar-refractivity contribution in [3.05, 3.63) is 54.1 Å². The van der Waals surface area contributed by atoms with Crippen LogP contribution in [-0.4, -0.2) is 41.1 Å². The first kappa shape index (κ1) is 15.8. The maximum atomic E-state index is 4.43. The predicted molar refractivity (Wildman–Crippen MR) is 101 cm³/mol. The highest BCUT2D eigenvalue weighted by Crippen LogP contribution is 2.26. The van der Waals surface area contributed by atoms with Gasteiger partial charge in [-0.1, -0.05) is 6.07 Å². The molecule has 6 heteroatoms. The number of nitrogens with one attached hydrogen (secondary N) is 2. The van der Waals surface area contributed by atoms with E-state index in [4.69, 9.17) is 0 Å². The zero-order valence-corrected chi connectivity index (χ0v) is 14.4. The number of aryl methyl sites for hydroxylation is 1. The Balaban J connectivity index is 1.55. The third-order valence-electron chi connectivity index (χ3n) is 4.56. The summed E-state index contributed by atoms with van der Waals surface area (Å²) in [5, 5.41) is 6.94. The van der Waals surface area contributed by atoms with E-state index in [0.29, 0.717) is 0 Å². The van der Waals surface area contributed by atoms with Gasteiger partial charge in [-0.05, 0) is 30.2 Å². The van der Waals surface area contributed by atoms with Gasteiger partial charge in [0.15, 0.2) is 0 Å². The molecule has 3 heterocycles. The fourth-order valence-corrected chi connectivity index (χ4v) is 3.33. The molecule has 2 N–H and O–H groups in total. The Labute approximate surface area is 147 Å². The second-order valence-electron chi connectivity index (χ2n) is 6.32. The van der Waals surface area contributed by atoms with Crippen molar-refractivity contribution in [2.24, 2.45) is 0 Å². The summed E-state index contributed by atoms with van der Waals surface area (Å²) in [5.74, 6) is 0. The van der Waals surface area contributed by atoms with E-state index in [1.165, 1.54) is 11.3 Å². The van der Waals surface area contributed by atoms with Gasteiger partial charge in [0.1, 0.15) is 0 Å². The van der Waals surface area contributed by atoms with Gasteiger partial charge < -0.3 is 15.5 Å². The van der Waals surface area contributed by atoms with Crippen molar-refractivity contribution in [2.45, 2.75) is 13.5 Å². The second-order valence-corrected chi connectivity index (χ2v) is 6.32. The quantitative estimate of drug-likeness (QED) is 0.763. The molecule has 1 saturated heterocycles. The molecule has 1 fully saturated rings. The molecule has 0 aliphatic carbocycles. The Morgan fingerprint density at radius 3 is 2.84 bits per heavy atom. The lowest BCUT2D eigenvalue weighted by molar-refractivity contribution is 0.589. The molecule has 25 heavy (non-hydrogen) atoms. The van der Waals surface area contributed by atoms with Crippen molar-refractivity contribution in [3.63, 3.8) is 0 Å². The molecule has 0 radical (unpaired) electrons. The first-order valence-electron chi connectivity index (χ1n) is 8.65. The minimum Gasteiger partial charge on any atom is -0.378 e. The summed E-state index contributed by atoms with van der Waals surface area (Å²) in [6, 6.07) is 6.36. The summed E-state index contributed by atoms with van der Waals surface area (Å²) in [7, 11) is 0. The van der Waals surface area contributed by atoms with Crippen LogP contribution >= 0.6 is 0 Å². The van der Waals surface area contributed by atoms with Crippen molar-refractivity contribution >= 4 is 22.4 Å². The van der Waals surface area contributed by atoms with Crippen LogP contribution in [0.2, 0.25) is 0 Å². The number of aromatic nitrogens is 3. The first-order valence-corrected chi connectivity index (χ1v) is 8.65. The fraction of sp³-hybridized carbons (Fsp3) is 0.316. The largest absolute Gasteiger partial charge is 0.378 e. The Morgan fingerprint density at radius 2 is 1.96 bits per heavy atom. The van der Waals surface area contributed by atoms with Crippen molar-refractivity contribution in [2.75, 3.05) is 36.4 Å². The Hall–Kier alpha value is -2.73. The minimum atomic E-state index is 0.734. The van der Waals surface area contributed by atoms with Crippen LogP contribution in [0, 0.1) is 6.92 Å². The second kappa shape index (κ2) is 7.03. The molecule has 1 aliphatic heterocycles. The van der Waals surface area contributed by atoms with E-state index in [1.807, 2.05) is 12.4 Å². The smallest absolute Gasteiger partial charge is 0.0916 e. The molecular formula is C19H22N6. The van der Waals surface area contributed by atoms with Crippen LogP contribution in [0.1, 0.15) is 11.1 Å². The molecule has 3 aromatic rings. The molecule has 0 saturated carbocycles. The van der Waals surface area contributed by atoms with E-state index in [-0.39, 0.29) is 0 Å². The lowest BCUT2D eigenvalue weighted by Gasteiger charge is -2.31. The summed E-state index contributed by atoms with van der Waals surface area (Å²) < 4.78 is 0. The lowest BCUT2D eigenvalue weighted by atomic mass is 10.1. The average Bonchev–Trinajstić information content (AvgIpc) is 2.67. The number of rotatable bonds is 4. The van der Waals surface area contributed by atoms with Gasteiger partial charge in [0.25, 0.3) is 0 Å². The van der Waals surface area contributed by atoms with Gasteiger partial charge in [0, 0.05) is 51.3 Å². The van der Waals surface area contributed by atoms with Crippen molar-refractivity contribution in [1.29, 1.82) is 0 Å². The van der Waals surface area contributed by atoms with Crippen molar-refractivity contribution < 1.29 is 0 Å². The Bertz CT molecular complexity index is 873. The highest BCUT2D eigenvalue weighted by atomic mass is 15.2. The number of benzene rings is 1. The van der Waals surface area contributed by atoms with Crippen LogP contribution in [0.3, 0.4) is 0 Å². The van der Waals surface area contributed by atoms with Crippen LogP contribution < -0.4 is 15.5 Å². The predicted octanol–water partition coefficient (Wildman–Crippen LogP) is 2.35. The normalized spacial score (nSPS) is 14.7. The highest BCUT2D eigenvalue weighted by Gasteiger charge is 2.14. The molecule has 0 bridgehead atoms. The fourth-order valence-electron chi connectivity index (χ4n) is 3.33. The van der Waals surface area contributed by atoms with E-state index in [0.717, 1.165) is 55.0 Å². The van der Waals surface area contributed by atoms with Crippen LogP contribution in [0.5, 0.6) is 0 Å². The molecule has 0 atom stereocenters. The van der Waals surface area contributed by atoms with E-state index in [1.54, 1.807) is 12.4 Å². The number of anilines is 2. The number of nitrogens with zero attached hydrogens (tertiary/aromatic N) is 4. The summed E-state index contributed by atoms with van der Waals surface area (Å²) in [6.07, 6.45) is 7.24. The summed E-state index contributed by atoms with van der Waals surface area (Å²) in [4.78, 5) is 15.5. The van der Waals surface area contributed by atoms with E-state index in [9.17, 15) is 0 Å². The van der Waals surface area contributed by atoms with Crippen LogP contribution in [-0.2, 0) is 6.54 Å². The maximum absolute atomic E-state index is 4.43. The third kappa shape index (κ3) is 3.39. The molecule has 1 aromatic carbocycles. The zero-order chi connectivity index (χ0) is 17.1. The molecular weight excluding hydrogens is 312 g/mol. The van der Waals surface area contributed by atoms with E-state index in [2.05, 4.69) is 55.6 Å². The van der Waals surface area contributed by atoms with Gasteiger partial charge in [-0.25, -0.2) is 0 Å². The van der Waals surface area contributed by atoms with Crippen LogP contribution in [0.4, 0.5) is 11.4 Å². The number of piperazine rings is 1. The van der Waals surface area contributed by atoms with E-state index >= 15 is 0 Å². The molecule has 128 valence electrons. The summed E-state index contributed by atoms with van der Waals surface area (Å²) in [6.45, 7) is 6.89. The van der Waals surface area contributed by atoms with Gasteiger partial charge in [-0.15, -0.1) is 0 Å².